The number of rotatable bonds is 6. The van der Waals surface area contributed by atoms with Gasteiger partial charge in [-0.15, -0.1) is 0 Å². The molecule has 0 saturated carbocycles. The van der Waals surface area contributed by atoms with E-state index in [2.05, 4.69) is 42.0 Å². The third kappa shape index (κ3) is 3.97. The average molecular weight is 290 g/mol. The highest BCUT2D eigenvalue weighted by molar-refractivity contribution is 5.69. The maximum atomic E-state index is 11.0. The lowest BCUT2D eigenvalue weighted by Crippen LogP contribution is -2.31. The molecule has 0 fully saturated rings. The number of aryl methyl sites for hydroxylation is 1. The van der Waals surface area contributed by atoms with Crippen molar-refractivity contribution in [2.45, 2.75) is 33.2 Å². The first-order valence-corrected chi connectivity index (χ1v) is 7.79. The zero-order valence-electron chi connectivity index (χ0n) is 13.3. The van der Waals surface area contributed by atoms with Crippen molar-refractivity contribution in [3.8, 4) is 0 Å². The van der Waals surface area contributed by atoms with Crippen molar-refractivity contribution in [1.82, 2.24) is 4.90 Å². The Morgan fingerprint density at radius 2 is 2.24 bits per heavy atom. The topological polar surface area (TPSA) is 43.8 Å². The van der Waals surface area contributed by atoms with Crippen LogP contribution in [0.1, 0.15) is 31.4 Å². The highest BCUT2D eigenvalue weighted by Crippen LogP contribution is 2.27. The van der Waals surface area contributed by atoms with E-state index in [0.717, 1.165) is 26.1 Å². The molecule has 0 radical (unpaired) electrons. The summed E-state index contributed by atoms with van der Waals surface area (Å²) in [5.74, 6) is -1.05. The number of aliphatic carboxylic acids is 1. The van der Waals surface area contributed by atoms with Crippen LogP contribution in [0.4, 0.5) is 5.69 Å². The van der Waals surface area contributed by atoms with E-state index < -0.39 is 5.97 Å². The quantitative estimate of drug-likeness (QED) is 0.874. The maximum Gasteiger partial charge on any atom is 0.307 e. The number of fused-ring (bicyclic) bond motifs is 1. The Hall–Kier alpha value is -1.55. The normalized spacial score (nSPS) is 15.9. The van der Waals surface area contributed by atoms with Gasteiger partial charge in [0.1, 0.15) is 0 Å². The Balaban J connectivity index is 2.06. The van der Waals surface area contributed by atoms with Gasteiger partial charge in [0, 0.05) is 32.4 Å². The predicted molar refractivity (Wildman–Crippen MR) is 85.8 cm³/mol. The zero-order valence-corrected chi connectivity index (χ0v) is 13.3. The summed E-state index contributed by atoms with van der Waals surface area (Å²) >= 11 is 0. The second-order valence-corrected chi connectivity index (χ2v) is 6.06. The first-order chi connectivity index (χ1) is 10.0. The summed E-state index contributed by atoms with van der Waals surface area (Å²) in [6.45, 7) is 7.28. The lowest BCUT2D eigenvalue weighted by molar-refractivity contribution is -0.141. The first kappa shape index (κ1) is 15.8. The summed E-state index contributed by atoms with van der Waals surface area (Å²) in [7, 11) is 2.14. The van der Waals surface area contributed by atoms with Gasteiger partial charge in [-0.1, -0.05) is 26.0 Å². The molecule has 0 spiro atoms. The molecule has 116 valence electrons. The third-order valence-electron chi connectivity index (χ3n) is 4.30. The molecule has 0 aliphatic carbocycles. The fourth-order valence-electron chi connectivity index (χ4n) is 2.97. The molecular formula is C17H26N2O2. The first-order valence-electron chi connectivity index (χ1n) is 7.79. The summed E-state index contributed by atoms with van der Waals surface area (Å²) in [5, 5.41) is 9.05. The minimum Gasteiger partial charge on any atom is -0.481 e. The molecule has 0 bridgehead atoms. The molecule has 0 amide bonds. The van der Waals surface area contributed by atoms with Crippen LogP contribution in [0.25, 0.3) is 0 Å². The van der Waals surface area contributed by atoms with Crippen molar-refractivity contribution in [3.05, 3.63) is 29.3 Å². The summed E-state index contributed by atoms with van der Waals surface area (Å²) in [5.41, 5.74) is 4.04. The molecule has 1 unspecified atom stereocenters. The monoisotopic (exact) mass is 290 g/mol. The van der Waals surface area contributed by atoms with Crippen molar-refractivity contribution < 1.29 is 9.90 Å². The highest BCUT2D eigenvalue weighted by atomic mass is 16.4. The molecular weight excluding hydrogens is 264 g/mol. The number of hydrogen-bond donors (Lipinski definition) is 1. The molecule has 1 atom stereocenters. The van der Waals surface area contributed by atoms with Crippen LogP contribution in [0.15, 0.2) is 18.2 Å². The zero-order chi connectivity index (χ0) is 15.4. The number of benzene rings is 1. The van der Waals surface area contributed by atoms with Gasteiger partial charge >= 0.3 is 5.97 Å². The minimum atomic E-state index is -0.722. The summed E-state index contributed by atoms with van der Waals surface area (Å²) in [4.78, 5) is 15.5. The fraction of sp³-hybridized carbons (Fsp3) is 0.588. The molecule has 4 heteroatoms. The summed E-state index contributed by atoms with van der Waals surface area (Å²) < 4.78 is 0. The maximum absolute atomic E-state index is 11.0. The van der Waals surface area contributed by atoms with Crippen molar-refractivity contribution >= 4 is 11.7 Å². The standard InChI is InChI=1S/C17H26N2O2/c1-4-19(11-13(2)17(20)21)12-14-7-8-16-15(10-14)6-5-9-18(16)3/h7-8,10,13H,4-6,9,11-12H2,1-3H3,(H,20,21). The van der Waals surface area contributed by atoms with Crippen molar-refractivity contribution in [2.24, 2.45) is 5.92 Å². The van der Waals surface area contributed by atoms with E-state index in [1.165, 1.54) is 23.2 Å². The number of hydrogen-bond acceptors (Lipinski definition) is 3. The van der Waals surface area contributed by atoms with E-state index in [4.69, 9.17) is 5.11 Å². The van der Waals surface area contributed by atoms with Gasteiger partial charge in [-0.3, -0.25) is 9.69 Å². The molecule has 1 aliphatic rings. The Morgan fingerprint density at radius 1 is 1.48 bits per heavy atom. The van der Waals surface area contributed by atoms with Crippen LogP contribution in [0, 0.1) is 5.92 Å². The van der Waals surface area contributed by atoms with Crippen LogP contribution in [-0.4, -0.2) is 42.7 Å². The van der Waals surface area contributed by atoms with Crippen LogP contribution >= 0.6 is 0 Å². The minimum absolute atomic E-state index is 0.325. The molecule has 21 heavy (non-hydrogen) atoms. The molecule has 1 N–H and O–H groups in total. The SMILES string of the molecule is CCN(Cc1ccc2c(c1)CCCN2C)CC(C)C(=O)O. The van der Waals surface area contributed by atoms with E-state index in [1.54, 1.807) is 6.92 Å². The summed E-state index contributed by atoms with van der Waals surface area (Å²) in [6, 6.07) is 6.67. The molecule has 1 heterocycles. The van der Waals surface area contributed by atoms with Crippen LogP contribution in [0.3, 0.4) is 0 Å². The number of anilines is 1. The Bertz CT molecular complexity index is 502. The number of nitrogens with zero attached hydrogens (tertiary/aromatic N) is 2. The van der Waals surface area contributed by atoms with Gasteiger partial charge < -0.3 is 10.0 Å². The van der Waals surface area contributed by atoms with Crippen LogP contribution in [-0.2, 0) is 17.8 Å². The van der Waals surface area contributed by atoms with Gasteiger partial charge in [0.2, 0.25) is 0 Å². The van der Waals surface area contributed by atoms with Crippen molar-refractivity contribution in [2.75, 3.05) is 31.6 Å². The average Bonchev–Trinajstić information content (AvgIpc) is 2.46. The molecule has 4 nitrogen and oxygen atoms in total. The molecule has 1 aromatic carbocycles. The molecule has 2 rings (SSSR count). The van der Waals surface area contributed by atoms with E-state index in [1.807, 2.05) is 0 Å². The van der Waals surface area contributed by atoms with Gasteiger partial charge in [0.25, 0.3) is 0 Å². The Labute approximate surface area is 127 Å². The number of carboxylic acids is 1. The lowest BCUT2D eigenvalue weighted by atomic mass is 9.99. The van der Waals surface area contributed by atoms with Crippen LogP contribution in [0.5, 0.6) is 0 Å². The second-order valence-electron chi connectivity index (χ2n) is 6.06. The lowest BCUT2D eigenvalue weighted by Gasteiger charge is -2.29. The molecule has 1 aliphatic heterocycles. The predicted octanol–water partition coefficient (Wildman–Crippen LogP) is 2.61. The van der Waals surface area contributed by atoms with Gasteiger partial charge in [-0.25, -0.2) is 0 Å². The van der Waals surface area contributed by atoms with Crippen LogP contribution in [0.2, 0.25) is 0 Å². The second kappa shape index (κ2) is 6.94. The van der Waals surface area contributed by atoms with Gasteiger partial charge in [-0.05, 0) is 36.6 Å². The van der Waals surface area contributed by atoms with Gasteiger partial charge in [0.15, 0.2) is 0 Å². The highest BCUT2D eigenvalue weighted by Gasteiger charge is 2.17. The van der Waals surface area contributed by atoms with Gasteiger partial charge in [-0.2, -0.15) is 0 Å². The van der Waals surface area contributed by atoms with E-state index in [0.29, 0.717) is 6.54 Å². The van der Waals surface area contributed by atoms with E-state index in [-0.39, 0.29) is 5.92 Å². The molecule has 0 aromatic heterocycles. The third-order valence-corrected chi connectivity index (χ3v) is 4.30. The van der Waals surface area contributed by atoms with Gasteiger partial charge in [0.05, 0.1) is 5.92 Å². The van der Waals surface area contributed by atoms with Crippen LogP contribution < -0.4 is 4.90 Å². The van der Waals surface area contributed by atoms with E-state index >= 15 is 0 Å². The fourth-order valence-corrected chi connectivity index (χ4v) is 2.97. The number of carboxylic acid groups (broad SMARTS) is 1. The van der Waals surface area contributed by atoms with Crippen molar-refractivity contribution in [1.29, 1.82) is 0 Å². The molecule has 0 saturated heterocycles. The number of carbonyl (C=O) groups is 1. The van der Waals surface area contributed by atoms with E-state index in [9.17, 15) is 4.79 Å². The van der Waals surface area contributed by atoms with Crippen molar-refractivity contribution in [3.63, 3.8) is 0 Å². The summed E-state index contributed by atoms with van der Waals surface area (Å²) in [6.07, 6.45) is 2.35. The Kier molecular flexibility index (Phi) is 5.23. The largest absolute Gasteiger partial charge is 0.481 e. The Morgan fingerprint density at radius 3 is 2.90 bits per heavy atom. The molecule has 1 aromatic rings. The smallest absolute Gasteiger partial charge is 0.307 e.